The van der Waals surface area contributed by atoms with E-state index in [-0.39, 0.29) is 12.1 Å². The van der Waals surface area contributed by atoms with Crippen molar-refractivity contribution in [3.8, 4) is 0 Å². The molecule has 4 rings (SSSR count). The normalized spacial score (nSPS) is 21.1. The molecule has 3 heterocycles. The number of pyridine rings is 1. The number of rotatable bonds is 4. The van der Waals surface area contributed by atoms with Crippen LogP contribution in [0.3, 0.4) is 0 Å². The van der Waals surface area contributed by atoms with Gasteiger partial charge in [-0.2, -0.15) is 0 Å². The minimum Gasteiger partial charge on any atom is -0.444 e. The van der Waals surface area contributed by atoms with Crippen molar-refractivity contribution in [2.24, 2.45) is 5.92 Å². The molecule has 1 amide bonds. The van der Waals surface area contributed by atoms with Gasteiger partial charge in [0.25, 0.3) is 0 Å². The number of alkyl carbamates (subject to hydrolysis) is 1. The Morgan fingerprint density at radius 3 is 2.73 bits per heavy atom. The molecule has 0 bridgehead atoms. The first kappa shape index (κ1) is 21.1. The van der Waals surface area contributed by atoms with Gasteiger partial charge in [-0.3, -0.25) is 4.98 Å². The Kier molecular flexibility index (Phi) is 5.72. The quantitative estimate of drug-likeness (QED) is 0.611. The number of amides is 1. The van der Waals surface area contributed by atoms with E-state index in [0.29, 0.717) is 18.3 Å². The second-order valence-electron chi connectivity index (χ2n) is 9.20. The van der Waals surface area contributed by atoms with Gasteiger partial charge in [0.2, 0.25) is 0 Å². The van der Waals surface area contributed by atoms with Gasteiger partial charge < -0.3 is 19.7 Å². The van der Waals surface area contributed by atoms with Crippen LogP contribution in [0.5, 0.6) is 0 Å². The van der Waals surface area contributed by atoms with Crippen LogP contribution >= 0.6 is 11.3 Å². The first-order valence-corrected chi connectivity index (χ1v) is 11.5. The number of aliphatic hydroxyl groups excluding tert-OH is 1. The SMILES string of the molecule is C[C@@H](O)c1nc2cnc3ccsc3c2n1[C@H]1CC[C@H](CNC(=O)OC(C)(C)C)CC1. The molecule has 0 unspecified atom stereocenters. The molecule has 0 aliphatic heterocycles. The number of nitrogens with one attached hydrogen (secondary N) is 1. The second-order valence-corrected chi connectivity index (χ2v) is 10.1. The fourth-order valence-electron chi connectivity index (χ4n) is 4.31. The van der Waals surface area contributed by atoms with Gasteiger partial charge in [-0.25, -0.2) is 9.78 Å². The lowest BCUT2D eigenvalue weighted by atomic mass is 9.85. The van der Waals surface area contributed by atoms with Gasteiger partial charge in [-0.15, -0.1) is 11.3 Å². The summed E-state index contributed by atoms with van der Waals surface area (Å²) < 4.78 is 8.71. The van der Waals surface area contributed by atoms with Crippen molar-refractivity contribution in [1.82, 2.24) is 19.9 Å². The molecular weight excluding hydrogens is 400 g/mol. The maximum Gasteiger partial charge on any atom is 0.407 e. The number of carbonyl (C=O) groups excluding carboxylic acids is 1. The molecule has 1 aliphatic rings. The Labute approximate surface area is 180 Å². The van der Waals surface area contributed by atoms with Crippen LogP contribution in [0.1, 0.15) is 71.3 Å². The molecule has 0 aromatic carbocycles. The molecule has 0 saturated heterocycles. The van der Waals surface area contributed by atoms with Crippen molar-refractivity contribution < 1.29 is 14.6 Å². The number of carbonyl (C=O) groups is 1. The molecule has 0 radical (unpaired) electrons. The van der Waals surface area contributed by atoms with E-state index in [1.165, 1.54) is 0 Å². The molecule has 8 heteroatoms. The highest BCUT2D eigenvalue weighted by molar-refractivity contribution is 7.18. The van der Waals surface area contributed by atoms with E-state index in [4.69, 9.17) is 9.72 Å². The van der Waals surface area contributed by atoms with E-state index in [0.717, 1.165) is 46.9 Å². The molecule has 1 saturated carbocycles. The number of ether oxygens (including phenoxy) is 1. The average molecular weight is 431 g/mol. The third kappa shape index (κ3) is 4.30. The summed E-state index contributed by atoms with van der Waals surface area (Å²) in [7, 11) is 0. The minimum absolute atomic E-state index is 0.282. The summed E-state index contributed by atoms with van der Waals surface area (Å²) in [4.78, 5) is 21.2. The first-order chi connectivity index (χ1) is 14.2. The van der Waals surface area contributed by atoms with Gasteiger partial charge in [0.15, 0.2) is 0 Å². The molecule has 1 fully saturated rings. The molecular formula is C22H30N4O3S. The Morgan fingerprint density at radius 1 is 1.33 bits per heavy atom. The fraction of sp³-hybridized carbons (Fsp3) is 0.591. The summed E-state index contributed by atoms with van der Waals surface area (Å²) in [5, 5.41) is 15.4. The lowest BCUT2D eigenvalue weighted by Crippen LogP contribution is -2.36. The second kappa shape index (κ2) is 8.15. The molecule has 162 valence electrons. The van der Waals surface area contributed by atoms with Crippen molar-refractivity contribution in [2.75, 3.05) is 6.54 Å². The molecule has 0 spiro atoms. The fourth-order valence-corrected chi connectivity index (χ4v) is 5.20. The van der Waals surface area contributed by atoms with Crippen LogP contribution in [0.15, 0.2) is 17.6 Å². The molecule has 1 atom stereocenters. The molecule has 3 aromatic rings. The van der Waals surface area contributed by atoms with Crippen LogP contribution in [0, 0.1) is 5.92 Å². The molecule has 1 aliphatic carbocycles. The van der Waals surface area contributed by atoms with Crippen LogP contribution in [0.4, 0.5) is 4.79 Å². The van der Waals surface area contributed by atoms with E-state index in [2.05, 4.69) is 20.2 Å². The number of nitrogens with zero attached hydrogens (tertiary/aromatic N) is 3. The van der Waals surface area contributed by atoms with Gasteiger partial charge >= 0.3 is 6.09 Å². The number of thiophene rings is 1. The Hall–Kier alpha value is -2.19. The van der Waals surface area contributed by atoms with Gasteiger partial charge in [0.1, 0.15) is 23.0 Å². The Balaban J connectivity index is 1.50. The van der Waals surface area contributed by atoms with Crippen LogP contribution in [-0.4, -0.2) is 37.9 Å². The van der Waals surface area contributed by atoms with E-state index in [9.17, 15) is 9.90 Å². The van der Waals surface area contributed by atoms with Gasteiger partial charge in [-0.05, 0) is 70.7 Å². The lowest BCUT2D eigenvalue weighted by molar-refractivity contribution is 0.0513. The zero-order valence-corrected chi connectivity index (χ0v) is 18.8. The summed E-state index contributed by atoms with van der Waals surface area (Å²) in [6, 6.07) is 2.31. The molecule has 30 heavy (non-hydrogen) atoms. The summed E-state index contributed by atoms with van der Waals surface area (Å²) >= 11 is 1.67. The van der Waals surface area contributed by atoms with Crippen LogP contribution < -0.4 is 5.32 Å². The van der Waals surface area contributed by atoms with Crippen molar-refractivity contribution in [1.29, 1.82) is 0 Å². The monoisotopic (exact) mass is 430 g/mol. The molecule has 7 nitrogen and oxygen atoms in total. The Bertz CT molecular complexity index is 1040. The van der Waals surface area contributed by atoms with Gasteiger partial charge in [0.05, 0.1) is 21.9 Å². The predicted molar refractivity (Wildman–Crippen MR) is 119 cm³/mol. The molecule has 3 aromatic heterocycles. The summed E-state index contributed by atoms with van der Waals surface area (Å²) in [5.74, 6) is 1.14. The third-order valence-corrected chi connectivity index (χ3v) is 6.55. The van der Waals surface area contributed by atoms with Crippen LogP contribution in [0.2, 0.25) is 0 Å². The summed E-state index contributed by atoms with van der Waals surface area (Å²) in [5.41, 5.74) is 2.42. The largest absolute Gasteiger partial charge is 0.444 e. The smallest absolute Gasteiger partial charge is 0.407 e. The van der Waals surface area contributed by atoms with Crippen molar-refractivity contribution >= 4 is 38.7 Å². The third-order valence-electron chi connectivity index (χ3n) is 5.64. The number of hydrogen-bond acceptors (Lipinski definition) is 6. The number of aromatic nitrogens is 3. The number of fused-ring (bicyclic) bond motifs is 3. The standard InChI is InChI=1S/C22H30N4O3S/c1-13(27)20-25-17-12-23-16-9-10-30-19(16)18(17)26(20)15-7-5-14(6-8-15)11-24-21(28)29-22(2,3)4/h9-10,12-15,27H,5-8,11H2,1-4H3,(H,24,28)/t13-,14-,15-/m1/s1. The highest BCUT2D eigenvalue weighted by Gasteiger charge is 2.28. The highest BCUT2D eigenvalue weighted by Crippen LogP contribution is 2.39. The Morgan fingerprint density at radius 2 is 2.07 bits per heavy atom. The lowest BCUT2D eigenvalue weighted by Gasteiger charge is -2.31. The van der Waals surface area contributed by atoms with E-state index in [1.807, 2.05) is 33.0 Å². The minimum atomic E-state index is -0.640. The van der Waals surface area contributed by atoms with Crippen molar-refractivity contribution in [2.45, 2.75) is 71.1 Å². The van der Waals surface area contributed by atoms with Gasteiger partial charge in [-0.1, -0.05) is 0 Å². The van der Waals surface area contributed by atoms with Crippen LogP contribution in [0.25, 0.3) is 21.3 Å². The topological polar surface area (TPSA) is 89.3 Å². The van der Waals surface area contributed by atoms with Gasteiger partial charge in [0, 0.05) is 12.6 Å². The van der Waals surface area contributed by atoms with E-state index < -0.39 is 11.7 Å². The zero-order valence-electron chi connectivity index (χ0n) is 18.0. The highest BCUT2D eigenvalue weighted by atomic mass is 32.1. The maximum atomic E-state index is 11.9. The average Bonchev–Trinajstić information content (AvgIpc) is 3.29. The van der Waals surface area contributed by atoms with E-state index in [1.54, 1.807) is 18.3 Å². The zero-order chi connectivity index (χ0) is 21.5. The maximum absolute atomic E-state index is 11.9. The predicted octanol–water partition coefficient (Wildman–Crippen LogP) is 4.96. The first-order valence-electron chi connectivity index (χ1n) is 10.6. The summed E-state index contributed by atoms with van der Waals surface area (Å²) in [6.07, 6.45) is 4.81. The summed E-state index contributed by atoms with van der Waals surface area (Å²) in [6.45, 7) is 8.01. The number of hydrogen-bond donors (Lipinski definition) is 2. The number of imidazole rings is 1. The molecule has 2 N–H and O–H groups in total. The van der Waals surface area contributed by atoms with Crippen LogP contribution in [-0.2, 0) is 4.74 Å². The number of aliphatic hydroxyl groups is 1. The van der Waals surface area contributed by atoms with Crippen molar-refractivity contribution in [3.05, 3.63) is 23.5 Å². The van der Waals surface area contributed by atoms with Crippen molar-refractivity contribution in [3.63, 3.8) is 0 Å². The van der Waals surface area contributed by atoms with E-state index >= 15 is 0 Å².